The van der Waals surface area contributed by atoms with E-state index in [0.29, 0.717) is 11.1 Å². The Morgan fingerprint density at radius 1 is 1.41 bits per heavy atom. The second-order valence-electron chi connectivity index (χ2n) is 3.56. The van der Waals surface area contributed by atoms with Crippen LogP contribution in [0, 0.1) is 11.3 Å². The predicted octanol–water partition coefficient (Wildman–Crippen LogP) is 0.958. The Labute approximate surface area is 100 Å². The van der Waals surface area contributed by atoms with E-state index in [-0.39, 0.29) is 13.0 Å². The first-order chi connectivity index (χ1) is 7.92. The van der Waals surface area contributed by atoms with Gasteiger partial charge in [0.25, 0.3) is 10.1 Å². The molecule has 0 radical (unpaired) electrons. The minimum absolute atomic E-state index is 0.0694. The van der Waals surface area contributed by atoms with Gasteiger partial charge in [-0.15, -0.1) is 0 Å². The summed E-state index contributed by atoms with van der Waals surface area (Å²) in [5.74, 6) is 0. The highest BCUT2D eigenvalue weighted by Gasteiger charge is 2.09. The van der Waals surface area contributed by atoms with Gasteiger partial charge in [0.2, 0.25) is 0 Å². The Hall–Kier alpha value is -1.42. The second-order valence-corrected chi connectivity index (χ2v) is 5.21. The first-order valence-corrected chi connectivity index (χ1v) is 6.76. The number of hydrogen-bond acceptors (Lipinski definition) is 5. The van der Waals surface area contributed by atoms with Crippen LogP contribution in [0.2, 0.25) is 0 Å². The minimum Gasteiger partial charge on any atom is -0.388 e. The van der Waals surface area contributed by atoms with Gasteiger partial charge in [0, 0.05) is 6.42 Å². The summed E-state index contributed by atoms with van der Waals surface area (Å²) in [5, 5.41) is 18.3. The van der Waals surface area contributed by atoms with Crippen LogP contribution in [0.15, 0.2) is 24.3 Å². The number of aliphatic hydroxyl groups is 1. The fourth-order valence-electron chi connectivity index (χ4n) is 1.26. The van der Waals surface area contributed by atoms with Crippen molar-refractivity contribution in [3.63, 3.8) is 0 Å². The molecule has 0 fully saturated rings. The first kappa shape index (κ1) is 13.6. The van der Waals surface area contributed by atoms with Gasteiger partial charge in [0.15, 0.2) is 0 Å². The fraction of sp³-hybridized carbons (Fsp3) is 0.364. The molecule has 0 aliphatic heterocycles. The maximum atomic E-state index is 10.7. The van der Waals surface area contributed by atoms with Crippen molar-refractivity contribution >= 4 is 10.1 Å². The summed E-state index contributed by atoms with van der Waals surface area (Å²) in [7, 11) is -3.47. The van der Waals surface area contributed by atoms with Crippen LogP contribution in [0.3, 0.4) is 0 Å². The predicted molar refractivity (Wildman–Crippen MR) is 61.5 cm³/mol. The standard InChI is InChI=1S/C11H13NO4S/c1-17(14,15)16-7-6-11(13)10-4-2-9(8-12)3-5-10/h2-5,11,13H,6-7H2,1H3. The molecule has 0 bridgehead atoms. The van der Waals surface area contributed by atoms with Crippen LogP contribution in [-0.2, 0) is 14.3 Å². The highest BCUT2D eigenvalue weighted by Crippen LogP contribution is 2.17. The van der Waals surface area contributed by atoms with Crippen molar-refractivity contribution in [3.8, 4) is 6.07 Å². The fourth-order valence-corrected chi connectivity index (χ4v) is 1.66. The molecular weight excluding hydrogens is 242 g/mol. The van der Waals surface area contributed by atoms with Crippen LogP contribution in [-0.4, -0.2) is 26.4 Å². The number of aliphatic hydroxyl groups excluding tert-OH is 1. The molecule has 0 saturated heterocycles. The Balaban J connectivity index is 2.52. The summed E-state index contributed by atoms with van der Waals surface area (Å²) in [4.78, 5) is 0. The zero-order valence-corrected chi connectivity index (χ0v) is 10.1. The van der Waals surface area contributed by atoms with Crippen molar-refractivity contribution in [3.05, 3.63) is 35.4 Å². The SMILES string of the molecule is CS(=O)(=O)OCCC(O)c1ccc(C#N)cc1. The molecule has 1 rings (SSSR count). The maximum Gasteiger partial charge on any atom is 0.264 e. The molecule has 1 aromatic carbocycles. The average molecular weight is 255 g/mol. The third-order valence-corrected chi connectivity index (χ3v) is 2.71. The van der Waals surface area contributed by atoms with Gasteiger partial charge in [0.1, 0.15) is 0 Å². The molecule has 17 heavy (non-hydrogen) atoms. The molecule has 1 unspecified atom stereocenters. The van der Waals surface area contributed by atoms with Crippen LogP contribution >= 0.6 is 0 Å². The Morgan fingerprint density at radius 2 is 2.00 bits per heavy atom. The Morgan fingerprint density at radius 3 is 2.47 bits per heavy atom. The monoisotopic (exact) mass is 255 g/mol. The molecule has 92 valence electrons. The highest BCUT2D eigenvalue weighted by atomic mass is 32.2. The van der Waals surface area contributed by atoms with Gasteiger partial charge in [-0.05, 0) is 17.7 Å². The van der Waals surface area contributed by atoms with Crippen molar-refractivity contribution < 1.29 is 17.7 Å². The number of hydrogen-bond donors (Lipinski definition) is 1. The number of rotatable bonds is 5. The van der Waals surface area contributed by atoms with Gasteiger partial charge in [-0.2, -0.15) is 13.7 Å². The van der Waals surface area contributed by atoms with Gasteiger partial charge in [-0.3, -0.25) is 4.18 Å². The van der Waals surface area contributed by atoms with Crippen molar-refractivity contribution in [2.45, 2.75) is 12.5 Å². The summed E-state index contributed by atoms with van der Waals surface area (Å²) >= 11 is 0. The third-order valence-electron chi connectivity index (χ3n) is 2.11. The van der Waals surface area contributed by atoms with Crippen molar-refractivity contribution in [2.75, 3.05) is 12.9 Å². The lowest BCUT2D eigenvalue weighted by atomic mass is 10.1. The van der Waals surface area contributed by atoms with E-state index in [0.717, 1.165) is 6.26 Å². The van der Waals surface area contributed by atoms with E-state index in [4.69, 9.17) is 5.26 Å². The van der Waals surface area contributed by atoms with E-state index < -0.39 is 16.2 Å². The molecule has 0 saturated carbocycles. The van der Waals surface area contributed by atoms with Crippen LogP contribution in [0.1, 0.15) is 23.7 Å². The number of benzene rings is 1. The van der Waals surface area contributed by atoms with Crippen LogP contribution in [0.5, 0.6) is 0 Å². The van der Waals surface area contributed by atoms with Crippen LogP contribution in [0.25, 0.3) is 0 Å². The summed E-state index contributed by atoms with van der Waals surface area (Å²) in [5.41, 5.74) is 1.13. The maximum absolute atomic E-state index is 10.7. The quantitative estimate of drug-likeness (QED) is 0.792. The normalized spacial score (nSPS) is 13.0. The van der Waals surface area contributed by atoms with Crippen molar-refractivity contribution in [1.82, 2.24) is 0 Å². The molecule has 0 aliphatic carbocycles. The summed E-state index contributed by atoms with van der Waals surface area (Å²) in [6.07, 6.45) is 0.338. The third kappa shape index (κ3) is 4.95. The van der Waals surface area contributed by atoms with Crippen LogP contribution < -0.4 is 0 Å². The zero-order valence-electron chi connectivity index (χ0n) is 9.33. The molecule has 0 spiro atoms. The summed E-state index contributed by atoms with van der Waals surface area (Å²) < 4.78 is 25.9. The van der Waals surface area contributed by atoms with Crippen molar-refractivity contribution in [1.29, 1.82) is 5.26 Å². The Kier molecular flexibility index (Phi) is 4.63. The molecule has 1 atom stereocenters. The van der Waals surface area contributed by atoms with E-state index >= 15 is 0 Å². The molecule has 6 heteroatoms. The van der Waals surface area contributed by atoms with Crippen molar-refractivity contribution in [2.24, 2.45) is 0 Å². The lowest BCUT2D eigenvalue weighted by Gasteiger charge is -2.10. The highest BCUT2D eigenvalue weighted by molar-refractivity contribution is 7.85. The van der Waals surface area contributed by atoms with Gasteiger partial charge < -0.3 is 5.11 Å². The summed E-state index contributed by atoms with van der Waals surface area (Å²) in [6.45, 7) is -0.0694. The molecule has 0 heterocycles. The number of nitrogens with zero attached hydrogens (tertiary/aromatic N) is 1. The largest absolute Gasteiger partial charge is 0.388 e. The molecule has 5 nitrogen and oxygen atoms in total. The van der Waals surface area contributed by atoms with E-state index in [2.05, 4.69) is 4.18 Å². The van der Waals surface area contributed by atoms with E-state index in [1.54, 1.807) is 24.3 Å². The molecule has 0 amide bonds. The van der Waals surface area contributed by atoms with E-state index in [1.165, 1.54) is 0 Å². The second kappa shape index (κ2) is 5.77. The average Bonchev–Trinajstić information content (AvgIpc) is 2.27. The van der Waals surface area contributed by atoms with Gasteiger partial charge in [0.05, 0.1) is 30.6 Å². The van der Waals surface area contributed by atoms with Gasteiger partial charge in [-0.1, -0.05) is 12.1 Å². The minimum atomic E-state index is -3.47. The topological polar surface area (TPSA) is 87.4 Å². The van der Waals surface area contributed by atoms with Crippen LogP contribution in [0.4, 0.5) is 0 Å². The lowest BCUT2D eigenvalue weighted by Crippen LogP contribution is -2.08. The molecule has 1 aromatic rings. The Bertz CT molecular complexity index is 501. The molecule has 0 aliphatic rings. The molecular formula is C11H13NO4S. The molecule has 1 N–H and O–H groups in total. The first-order valence-electron chi connectivity index (χ1n) is 4.95. The van der Waals surface area contributed by atoms with Gasteiger partial charge >= 0.3 is 0 Å². The van der Waals surface area contributed by atoms with Gasteiger partial charge in [-0.25, -0.2) is 0 Å². The number of nitriles is 1. The van der Waals surface area contributed by atoms with E-state index in [9.17, 15) is 13.5 Å². The zero-order chi connectivity index (χ0) is 12.9. The summed E-state index contributed by atoms with van der Waals surface area (Å²) in [6, 6.07) is 8.41. The smallest absolute Gasteiger partial charge is 0.264 e. The van der Waals surface area contributed by atoms with E-state index in [1.807, 2.05) is 6.07 Å². The molecule has 0 aromatic heterocycles. The lowest BCUT2D eigenvalue weighted by molar-refractivity contribution is 0.143.